The number of sulfonamides is 1. The van der Waals surface area contributed by atoms with Crippen LogP contribution in [-0.4, -0.2) is 20.1 Å². The van der Waals surface area contributed by atoms with Crippen molar-refractivity contribution in [2.75, 3.05) is 11.6 Å². The topological polar surface area (TPSA) is 46.2 Å². The molecule has 1 rings (SSSR count). The second-order valence-electron chi connectivity index (χ2n) is 3.99. The Morgan fingerprint density at radius 3 is 2.39 bits per heavy atom. The number of nitrogens with one attached hydrogen (secondary N) is 1. The van der Waals surface area contributed by atoms with Crippen LogP contribution >= 0.6 is 23.2 Å². The SMILES string of the molecule is CCC(NS(=O)(=O)CCCCl)c1ccc(Cl)cc1. The molecular formula is C12H17Cl2NO2S. The van der Waals surface area contributed by atoms with Gasteiger partial charge in [-0.05, 0) is 30.5 Å². The van der Waals surface area contributed by atoms with E-state index in [2.05, 4.69) is 4.72 Å². The first-order chi connectivity index (χ1) is 8.48. The number of halogens is 2. The molecule has 0 aliphatic carbocycles. The number of alkyl halides is 1. The second-order valence-corrected chi connectivity index (χ2v) is 6.68. The molecule has 1 unspecified atom stereocenters. The van der Waals surface area contributed by atoms with Crippen LogP contribution in [-0.2, 0) is 10.0 Å². The van der Waals surface area contributed by atoms with Gasteiger partial charge < -0.3 is 0 Å². The quantitative estimate of drug-likeness (QED) is 0.785. The van der Waals surface area contributed by atoms with Gasteiger partial charge in [0.05, 0.1) is 5.75 Å². The largest absolute Gasteiger partial charge is 0.212 e. The van der Waals surface area contributed by atoms with Crippen molar-refractivity contribution in [2.24, 2.45) is 0 Å². The van der Waals surface area contributed by atoms with Crippen molar-refractivity contribution in [2.45, 2.75) is 25.8 Å². The van der Waals surface area contributed by atoms with E-state index in [4.69, 9.17) is 23.2 Å². The molecule has 0 spiro atoms. The Labute approximate surface area is 119 Å². The Hall–Kier alpha value is -0.290. The van der Waals surface area contributed by atoms with E-state index in [0.717, 1.165) is 5.56 Å². The van der Waals surface area contributed by atoms with Crippen LogP contribution in [0.2, 0.25) is 5.02 Å². The van der Waals surface area contributed by atoms with Gasteiger partial charge in [0.15, 0.2) is 0 Å². The highest BCUT2D eigenvalue weighted by Gasteiger charge is 2.17. The zero-order chi connectivity index (χ0) is 13.6. The van der Waals surface area contributed by atoms with E-state index in [1.807, 2.05) is 19.1 Å². The van der Waals surface area contributed by atoms with Crippen LogP contribution in [0.1, 0.15) is 31.4 Å². The summed E-state index contributed by atoms with van der Waals surface area (Å²) in [5.74, 6) is 0.402. The first kappa shape index (κ1) is 15.8. The fraction of sp³-hybridized carbons (Fsp3) is 0.500. The fourth-order valence-corrected chi connectivity index (χ4v) is 3.40. The van der Waals surface area contributed by atoms with Gasteiger partial charge in [-0.2, -0.15) is 0 Å². The fourth-order valence-electron chi connectivity index (χ4n) is 1.60. The van der Waals surface area contributed by atoms with Crippen LogP contribution < -0.4 is 4.72 Å². The second kappa shape index (κ2) is 7.34. The number of hydrogen-bond acceptors (Lipinski definition) is 2. The molecule has 1 N–H and O–H groups in total. The lowest BCUT2D eigenvalue weighted by molar-refractivity contribution is 0.549. The molecule has 0 saturated carbocycles. The Bertz CT molecular complexity index is 459. The van der Waals surface area contributed by atoms with E-state index in [-0.39, 0.29) is 11.8 Å². The van der Waals surface area contributed by atoms with Crippen LogP contribution in [0.3, 0.4) is 0 Å². The highest BCUT2D eigenvalue weighted by Crippen LogP contribution is 2.20. The summed E-state index contributed by atoms with van der Waals surface area (Å²) in [6.45, 7) is 1.93. The van der Waals surface area contributed by atoms with Gasteiger partial charge in [0.25, 0.3) is 0 Å². The summed E-state index contributed by atoms with van der Waals surface area (Å²) in [5, 5.41) is 0.638. The molecule has 0 fully saturated rings. The maximum Gasteiger partial charge on any atom is 0.212 e. The molecule has 0 aromatic heterocycles. The third-order valence-electron chi connectivity index (χ3n) is 2.55. The number of rotatable bonds is 7. The van der Waals surface area contributed by atoms with Crippen molar-refractivity contribution in [1.82, 2.24) is 4.72 Å². The molecule has 0 heterocycles. The number of hydrogen-bond donors (Lipinski definition) is 1. The van der Waals surface area contributed by atoms with Gasteiger partial charge in [-0.25, -0.2) is 13.1 Å². The third kappa shape index (κ3) is 5.14. The van der Waals surface area contributed by atoms with E-state index in [1.54, 1.807) is 12.1 Å². The highest BCUT2D eigenvalue weighted by atomic mass is 35.5. The minimum atomic E-state index is -3.28. The predicted octanol–water partition coefficient (Wildman–Crippen LogP) is 3.34. The van der Waals surface area contributed by atoms with E-state index in [1.165, 1.54) is 0 Å². The smallest absolute Gasteiger partial charge is 0.212 e. The van der Waals surface area contributed by atoms with Crippen molar-refractivity contribution in [1.29, 1.82) is 0 Å². The summed E-state index contributed by atoms with van der Waals surface area (Å²) in [5.41, 5.74) is 0.913. The summed E-state index contributed by atoms with van der Waals surface area (Å²) in [4.78, 5) is 0. The van der Waals surface area contributed by atoms with Crippen molar-refractivity contribution >= 4 is 33.2 Å². The van der Waals surface area contributed by atoms with Gasteiger partial charge in [-0.1, -0.05) is 30.7 Å². The van der Waals surface area contributed by atoms with E-state index >= 15 is 0 Å². The molecule has 6 heteroatoms. The molecule has 0 saturated heterocycles. The molecular weight excluding hydrogens is 293 g/mol. The summed E-state index contributed by atoms with van der Waals surface area (Å²) < 4.78 is 26.3. The Balaban J connectivity index is 2.76. The van der Waals surface area contributed by atoms with Gasteiger partial charge in [0, 0.05) is 16.9 Å². The lowest BCUT2D eigenvalue weighted by atomic mass is 10.1. The zero-order valence-corrected chi connectivity index (χ0v) is 12.5. The molecule has 3 nitrogen and oxygen atoms in total. The zero-order valence-electron chi connectivity index (χ0n) is 10.2. The van der Waals surface area contributed by atoms with Crippen LogP contribution in [0.4, 0.5) is 0 Å². The minimum absolute atomic E-state index is 0.0561. The van der Waals surface area contributed by atoms with E-state index < -0.39 is 10.0 Å². The van der Waals surface area contributed by atoms with Gasteiger partial charge in [0.1, 0.15) is 0 Å². The summed E-state index contributed by atoms with van der Waals surface area (Å²) in [7, 11) is -3.28. The summed E-state index contributed by atoms with van der Waals surface area (Å²) >= 11 is 11.3. The molecule has 0 aliphatic heterocycles. The molecule has 1 aromatic carbocycles. The van der Waals surface area contributed by atoms with Crippen molar-refractivity contribution in [3.8, 4) is 0 Å². The van der Waals surface area contributed by atoms with Crippen molar-refractivity contribution in [3.05, 3.63) is 34.9 Å². The first-order valence-corrected chi connectivity index (χ1v) is 8.36. The lowest BCUT2D eigenvalue weighted by Crippen LogP contribution is -2.30. The average molecular weight is 310 g/mol. The minimum Gasteiger partial charge on any atom is -0.212 e. The normalized spacial score (nSPS) is 13.5. The summed E-state index contributed by atoms with van der Waals surface area (Å²) in [6.07, 6.45) is 1.13. The first-order valence-electron chi connectivity index (χ1n) is 5.80. The predicted molar refractivity (Wildman–Crippen MR) is 76.7 cm³/mol. The molecule has 0 aliphatic rings. The van der Waals surface area contributed by atoms with Gasteiger partial charge >= 0.3 is 0 Å². The lowest BCUT2D eigenvalue weighted by Gasteiger charge is -2.17. The van der Waals surface area contributed by atoms with Crippen molar-refractivity contribution < 1.29 is 8.42 Å². The van der Waals surface area contributed by atoms with Crippen LogP contribution in [0.25, 0.3) is 0 Å². The van der Waals surface area contributed by atoms with Gasteiger partial charge in [-0.15, -0.1) is 11.6 Å². The molecule has 102 valence electrons. The standard InChI is InChI=1S/C12H17Cl2NO2S/c1-2-12(10-4-6-11(14)7-5-10)15-18(16,17)9-3-8-13/h4-7,12,15H,2-3,8-9H2,1H3. The number of benzene rings is 1. The van der Waals surface area contributed by atoms with E-state index in [0.29, 0.717) is 23.7 Å². The average Bonchev–Trinajstić information content (AvgIpc) is 2.35. The maximum absolute atomic E-state index is 11.8. The molecule has 1 aromatic rings. The molecule has 1 atom stereocenters. The highest BCUT2D eigenvalue weighted by molar-refractivity contribution is 7.89. The van der Waals surface area contributed by atoms with Crippen LogP contribution in [0.5, 0.6) is 0 Å². The van der Waals surface area contributed by atoms with Crippen LogP contribution in [0.15, 0.2) is 24.3 Å². The van der Waals surface area contributed by atoms with Crippen molar-refractivity contribution in [3.63, 3.8) is 0 Å². The Kier molecular flexibility index (Phi) is 6.43. The van der Waals surface area contributed by atoms with Gasteiger partial charge in [0.2, 0.25) is 10.0 Å². The maximum atomic E-state index is 11.8. The Morgan fingerprint density at radius 2 is 1.89 bits per heavy atom. The third-order valence-corrected chi connectivity index (χ3v) is 4.54. The molecule has 0 amide bonds. The monoisotopic (exact) mass is 309 g/mol. The Morgan fingerprint density at radius 1 is 1.28 bits per heavy atom. The molecule has 0 bridgehead atoms. The van der Waals surface area contributed by atoms with E-state index in [9.17, 15) is 8.42 Å². The summed E-state index contributed by atoms with van der Waals surface area (Å²) in [6, 6.07) is 6.96. The van der Waals surface area contributed by atoms with Gasteiger partial charge in [-0.3, -0.25) is 0 Å². The molecule has 0 radical (unpaired) electrons. The molecule has 18 heavy (non-hydrogen) atoms. The van der Waals surface area contributed by atoms with Crippen LogP contribution in [0, 0.1) is 0 Å².